The number of nitrogens with zero attached hydrogens (tertiary/aromatic N) is 2. The Bertz CT molecular complexity index is 454. The molecule has 1 saturated heterocycles. The number of hydrogen-bond donors (Lipinski definition) is 1. The lowest BCUT2D eigenvalue weighted by atomic mass is 10.1. The van der Waals surface area contributed by atoms with Crippen molar-refractivity contribution >= 4 is 5.82 Å². The molecule has 1 N–H and O–H groups in total. The Hall–Kier alpha value is -1.09. The lowest BCUT2D eigenvalue weighted by molar-refractivity contribution is 0.610. The van der Waals surface area contributed by atoms with E-state index >= 15 is 0 Å². The molecule has 2 heterocycles. The molecule has 0 radical (unpaired) electrons. The van der Waals surface area contributed by atoms with Crippen LogP contribution in [0.4, 0.5) is 5.82 Å². The molecule has 1 atom stereocenters. The van der Waals surface area contributed by atoms with Gasteiger partial charge in [-0.05, 0) is 51.2 Å². The molecule has 1 aromatic heterocycles. The summed E-state index contributed by atoms with van der Waals surface area (Å²) in [6, 6.07) is 5.88. The summed E-state index contributed by atoms with van der Waals surface area (Å²) in [5.74, 6) is 1.17. The Morgan fingerprint density at radius 3 is 2.80 bits per heavy atom. The number of anilines is 1. The Morgan fingerprint density at radius 1 is 1.20 bits per heavy atom. The molecular formula is C17H27N3. The van der Waals surface area contributed by atoms with E-state index in [0.29, 0.717) is 6.04 Å². The summed E-state index contributed by atoms with van der Waals surface area (Å²) < 4.78 is 0. The smallest absolute Gasteiger partial charge is 0.129 e. The zero-order valence-electron chi connectivity index (χ0n) is 12.9. The molecule has 2 fully saturated rings. The Balaban J connectivity index is 1.70. The molecule has 0 spiro atoms. The third-order valence-corrected chi connectivity index (χ3v) is 4.69. The van der Waals surface area contributed by atoms with Crippen LogP contribution in [0, 0.1) is 6.92 Å². The van der Waals surface area contributed by atoms with Crippen molar-refractivity contribution in [3.8, 4) is 0 Å². The fraction of sp³-hybridized carbons (Fsp3) is 0.706. The zero-order valence-corrected chi connectivity index (χ0v) is 12.9. The summed E-state index contributed by atoms with van der Waals surface area (Å²) in [4.78, 5) is 7.37. The summed E-state index contributed by atoms with van der Waals surface area (Å²) in [6.45, 7) is 6.62. The molecule has 3 heteroatoms. The van der Waals surface area contributed by atoms with Gasteiger partial charge in [0, 0.05) is 30.9 Å². The number of aromatic nitrogens is 1. The quantitative estimate of drug-likeness (QED) is 0.911. The van der Waals surface area contributed by atoms with Gasteiger partial charge < -0.3 is 10.2 Å². The Labute approximate surface area is 122 Å². The van der Waals surface area contributed by atoms with E-state index in [4.69, 9.17) is 4.98 Å². The van der Waals surface area contributed by atoms with Crippen LogP contribution in [-0.4, -0.2) is 23.6 Å². The fourth-order valence-electron chi connectivity index (χ4n) is 3.08. The molecule has 3 nitrogen and oxygen atoms in total. The minimum Gasteiger partial charge on any atom is -0.354 e. The molecule has 1 aromatic rings. The highest BCUT2D eigenvalue weighted by molar-refractivity contribution is 5.43. The van der Waals surface area contributed by atoms with Crippen molar-refractivity contribution in [2.75, 3.05) is 11.4 Å². The first kappa shape index (κ1) is 13.9. The second-order valence-corrected chi connectivity index (χ2v) is 6.46. The molecule has 1 aliphatic carbocycles. The van der Waals surface area contributed by atoms with Crippen molar-refractivity contribution in [3.05, 3.63) is 23.4 Å². The number of rotatable bonds is 4. The minimum atomic E-state index is 0.625. The van der Waals surface area contributed by atoms with Gasteiger partial charge in [0.1, 0.15) is 5.82 Å². The molecular weight excluding hydrogens is 246 g/mol. The number of nitrogens with one attached hydrogen (secondary N) is 1. The van der Waals surface area contributed by atoms with Crippen LogP contribution in [0.1, 0.15) is 56.7 Å². The van der Waals surface area contributed by atoms with Crippen molar-refractivity contribution in [1.82, 2.24) is 10.3 Å². The summed E-state index contributed by atoms with van der Waals surface area (Å²) in [7, 11) is 0. The molecule has 1 unspecified atom stereocenters. The molecule has 0 amide bonds. The number of pyridine rings is 1. The normalized spacial score (nSPS) is 23.7. The first-order chi connectivity index (χ1) is 9.74. The average molecular weight is 273 g/mol. The summed E-state index contributed by atoms with van der Waals surface area (Å²) in [5.41, 5.74) is 2.54. The predicted molar refractivity (Wildman–Crippen MR) is 84.1 cm³/mol. The lowest BCUT2D eigenvalue weighted by Crippen LogP contribution is -2.33. The monoisotopic (exact) mass is 273 g/mol. The van der Waals surface area contributed by atoms with E-state index in [0.717, 1.165) is 19.1 Å². The summed E-state index contributed by atoms with van der Waals surface area (Å²) >= 11 is 0. The highest BCUT2D eigenvalue weighted by Crippen LogP contribution is 2.24. The largest absolute Gasteiger partial charge is 0.354 e. The molecule has 1 aliphatic heterocycles. The SMILES string of the molecule is Cc1nc(N2CCCCCC2C)ccc1CNC1CC1. The maximum atomic E-state index is 4.87. The first-order valence-electron chi connectivity index (χ1n) is 8.20. The van der Waals surface area contributed by atoms with Crippen LogP contribution >= 0.6 is 0 Å². The predicted octanol–water partition coefficient (Wildman–Crippen LogP) is 3.41. The molecule has 0 bridgehead atoms. The van der Waals surface area contributed by atoms with Gasteiger partial charge in [-0.1, -0.05) is 18.9 Å². The minimum absolute atomic E-state index is 0.625. The van der Waals surface area contributed by atoms with Crippen molar-refractivity contribution in [3.63, 3.8) is 0 Å². The van der Waals surface area contributed by atoms with E-state index in [-0.39, 0.29) is 0 Å². The fourth-order valence-corrected chi connectivity index (χ4v) is 3.08. The van der Waals surface area contributed by atoms with Gasteiger partial charge in [-0.25, -0.2) is 4.98 Å². The standard InChI is InChI=1S/C17H27N3/c1-13-6-4-3-5-11-20(13)17-10-7-15(14(2)19-17)12-18-16-8-9-16/h7,10,13,16,18H,3-6,8-9,11-12H2,1-2H3. The second-order valence-electron chi connectivity index (χ2n) is 6.46. The van der Waals surface area contributed by atoms with Gasteiger partial charge in [0.05, 0.1) is 0 Å². The van der Waals surface area contributed by atoms with Crippen LogP contribution in [0.3, 0.4) is 0 Å². The maximum Gasteiger partial charge on any atom is 0.129 e. The lowest BCUT2D eigenvalue weighted by Gasteiger charge is -2.28. The van der Waals surface area contributed by atoms with Crippen LogP contribution in [0.5, 0.6) is 0 Å². The van der Waals surface area contributed by atoms with Gasteiger partial charge in [0.2, 0.25) is 0 Å². The van der Waals surface area contributed by atoms with E-state index in [2.05, 4.69) is 36.2 Å². The second kappa shape index (κ2) is 6.13. The van der Waals surface area contributed by atoms with Gasteiger partial charge in [-0.3, -0.25) is 0 Å². The summed E-state index contributed by atoms with van der Waals surface area (Å²) in [6.07, 6.45) is 8.01. The third kappa shape index (κ3) is 3.32. The van der Waals surface area contributed by atoms with Gasteiger partial charge in [0.15, 0.2) is 0 Å². The summed E-state index contributed by atoms with van der Waals surface area (Å²) in [5, 5.41) is 3.58. The van der Waals surface area contributed by atoms with Crippen molar-refractivity contribution in [1.29, 1.82) is 0 Å². The molecule has 20 heavy (non-hydrogen) atoms. The van der Waals surface area contributed by atoms with Crippen molar-refractivity contribution in [2.24, 2.45) is 0 Å². The number of aryl methyl sites for hydroxylation is 1. The van der Waals surface area contributed by atoms with Gasteiger partial charge in [-0.15, -0.1) is 0 Å². The first-order valence-corrected chi connectivity index (χ1v) is 8.20. The topological polar surface area (TPSA) is 28.2 Å². The van der Waals surface area contributed by atoms with E-state index < -0.39 is 0 Å². The van der Waals surface area contributed by atoms with Gasteiger partial charge >= 0.3 is 0 Å². The van der Waals surface area contributed by atoms with Gasteiger partial charge in [0.25, 0.3) is 0 Å². The molecule has 110 valence electrons. The van der Waals surface area contributed by atoms with Crippen molar-refractivity contribution in [2.45, 2.75) is 71.0 Å². The zero-order chi connectivity index (χ0) is 13.9. The Kier molecular flexibility index (Phi) is 4.25. The Morgan fingerprint density at radius 2 is 2.05 bits per heavy atom. The average Bonchev–Trinajstić information content (AvgIpc) is 3.25. The molecule has 2 aliphatic rings. The highest BCUT2D eigenvalue weighted by Gasteiger charge is 2.21. The maximum absolute atomic E-state index is 4.87. The van der Waals surface area contributed by atoms with Crippen molar-refractivity contribution < 1.29 is 0 Å². The van der Waals surface area contributed by atoms with E-state index in [9.17, 15) is 0 Å². The van der Waals surface area contributed by atoms with E-state index in [1.165, 1.54) is 55.6 Å². The van der Waals surface area contributed by atoms with Crippen LogP contribution in [0.2, 0.25) is 0 Å². The van der Waals surface area contributed by atoms with E-state index in [1.54, 1.807) is 0 Å². The number of hydrogen-bond acceptors (Lipinski definition) is 3. The van der Waals surface area contributed by atoms with Crippen LogP contribution in [0.25, 0.3) is 0 Å². The van der Waals surface area contributed by atoms with Crippen LogP contribution < -0.4 is 10.2 Å². The molecule has 3 rings (SSSR count). The third-order valence-electron chi connectivity index (χ3n) is 4.69. The molecule has 0 aromatic carbocycles. The van der Waals surface area contributed by atoms with E-state index in [1.807, 2.05) is 0 Å². The van der Waals surface area contributed by atoms with Crippen LogP contribution in [0.15, 0.2) is 12.1 Å². The highest BCUT2D eigenvalue weighted by atomic mass is 15.2. The van der Waals surface area contributed by atoms with Gasteiger partial charge in [-0.2, -0.15) is 0 Å². The molecule has 1 saturated carbocycles. The van der Waals surface area contributed by atoms with Crippen LogP contribution in [-0.2, 0) is 6.54 Å².